The summed E-state index contributed by atoms with van der Waals surface area (Å²) >= 11 is 5.90. The van der Waals surface area contributed by atoms with Crippen molar-refractivity contribution in [2.75, 3.05) is 27.2 Å². The zero-order valence-corrected chi connectivity index (χ0v) is 11.5. The first-order valence-corrected chi connectivity index (χ1v) is 6.51. The molecule has 1 aromatic carbocycles. The Balaban J connectivity index is 2.23. The number of carbonyl (C=O) groups excluding carboxylic acids is 1. The van der Waals surface area contributed by atoms with Gasteiger partial charge in [0.05, 0.1) is 13.0 Å². The van der Waals surface area contributed by atoms with Gasteiger partial charge >= 0.3 is 5.97 Å². The van der Waals surface area contributed by atoms with E-state index in [1.54, 1.807) is 0 Å². The lowest BCUT2D eigenvalue weighted by Crippen LogP contribution is -2.41. The van der Waals surface area contributed by atoms with Gasteiger partial charge in [0, 0.05) is 11.6 Å². The van der Waals surface area contributed by atoms with Gasteiger partial charge in [-0.05, 0) is 43.6 Å². The van der Waals surface area contributed by atoms with Crippen molar-refractivity contribution in [1.29, 1.82) is 0 Å². The number of ether oxygens (including phenoxy) is 1. The lowest BCUT2D eigenvalue weighted by atomic mass is 9.80. The molecule has 1 aliphatic heterocycles. The van der Waals surface area contributed by atoms with Crippen molar-refractivity contribution in [2.24, 2.45) is 5.92 Å². The van der Waals surface area contributed by atoms with Gasteiger partial charge in [0.25, 0.3) is 0 Å². The molecular formula is C14H18ClNO2. The molecule has 1 aliphatic rings. The number of methoxy groups -OCH3 is 1. The summed E-state index contributed by atoms with van der Waals surface area (Å²) in [5.41, 5.74) is 1.17. The van der Waals surface area contributed by atoms with E-state index in [4.69, 9.17) is 16.3 Å². The van der Waals surface area contributed by atoms with E-state index in [0.717, 1.165) is 24.5 Å². The van der Waals surface area contributed by atoms with Gasteiger partial charge in [-0.25, -0.2) is 0 Å². The van der Waals surface area contributed by atoms with Crippen LogP contribution in [0.2, 0.25) is 5.02 Å². The fourth-order valence-corrected chi connectivity index (χ4v) is 2.74. The van der Waals surface area contributed by atoms with E-state index in [0.29, 0.717) is 0 Å². The lowest BCUT2D eigenvalue weighted by Gasteiger charge is -2.35. The third-order valence-electron chi connectivity index (χ3n) is 3.62. The third kappa shape index (κ3) is 2.85. The first-order chi connectivity index (χ1) is 8.61. The van der Waals surface area contributed by atoms with E-state index in [1.165, 1.54) is 12.7 Å². The molecule has 18 heavy (non-hydrogen) atoms. The Morgan fingerprint density at radius 3 is 2.67 bits per heavy atom. The number of hydrogen-bond donors (Lipinski definition) is 0. The minimum Gasteiger partial charge on any atom is -0.469 e. The van der Waals surface area contributed by atoms with Crippen LogP contribution in [0.1, 0.15) is 17.9 Å². The second-order valence-electron chi connectivity index (χ2n) is 4.84. The third-order valence-corrected chi connectivity index (χ3v) is 3.87. The topological polar surface area (TPSA) is 29.5 Å². The molecule has 0 aromatic heterocycles. The quantitative estimate of drug-likeness (QED) is 0.772. The molecule has 1 saturated heterocycles. The number of piperidine rings is 1. The highest BCUT2D eigenvalue weighted by Gasteiger charge is 2.34. The van der Waals surface area contributed by atoms with E-state index < -0.39 is 0 Å². The Labute approximate surface area is 113 Å². The summed E-state index contributed by atoms with van der Waals surface area (Å²) < 4.78 is 4.92. The second-order valence-corrected chi connectivity index (χ2v) is 5.28. The largest absolute Gasteiger partial charge is 0.469 e. The first-order valence-electron chi connectivity index (χ1n) is 6.13. The van der Waals surface area contributed by atoms with Gasteiger partial charge in [0.2, 0.25) is 0 Å². The highest BCUT2D eigenvalue weighted by atomic mass is 35.5. The number of likely N-dealkylation sites (tertiary alicyclic amines) is 1. The van der Waals surface area contributed by atoms with Crippen LogP contribution >= 0.6 is 11.6 Å². The molecular weight excluding hydrogens is 250 g/mol. The van der Waals surface area contributed by atoms with Crippen LogP contribution in [0.4, 0.5) is 0 Å². The maximum absolute atomic E-state index is 11.9. The number of esters is 1. The van der Waals surface area contributed by atoms with E-state index in [1.807, 2.05) is 31.3 Å². The smallest absolute Gasteiger partial charge is 0.310 e. The van der Waals surface area contributed by atoms with Gasteiger partial charge in [0.15, 0.2) is 0 Å². The summed E-state index contributed by atoms with van der Waals surface area (Å²) in [6, 6.07) is 7.77. The Hall–Kier alpha value is -1.06. The van der Waals surface area contributed by atoms with Crippen LogP contribution in [0.5, 0.6) is 0 Å². The molecule has 0 bridgehead atoms. The highest BCUT2D eigenvalue weighted by Crippen LogP contribution is 2.33. The van der Waals surface area contributed by atoms with E-state index >= 15 is 0 Å². The van der Waals surface area contributed by atoms with Crippen LogP contribution in [0.3, 0.4) is 0 Å². The molecule has 2 atom stereocenters. The van der Waals surface area contributed by atoms with Crippen LogP contribution in [0.15, 0.2) is 24.3 Å². The molecule has 1 fully saturated rings. The van der Waals surface area contributed by atoms with Crippen molar-refractivity contribution in [3.05, 3.63) is 34.9 Å². The van der Waals surface area contributed by atoms with Gasteiger partial charge in [-0.1, -0.05) is 23.7 Å². The molecule has 0 radical (unpaired) electrons. The molecule has 98 valence electrons. The molecule has 3 nitrogen and oxygen atoms in total. The van der Waals surface area contributed by atoms with E-state index in [9.17, 15) is 4.79 Å². The standard InChI is InChI=1S/C14H18ClNO2/c1-16-8-7-12(13(9-16)14(17)18-2)10-3-5-11(15)6-4-10/h3-6,12-13H,7-9H2,1-2H3/t12?,13-/m1/s1. The van der Waals surface area contributed by atoms with Crippen molar-refractivity contribution >= 4 is 17.6 Å². The average Bonchev–Trinajstić information content (AvgIpc) is 2.39. The SMILES string of the molecule is COC(=O)[C@@H]1CN(C)CCC1c1ccc(Cl)cc1. The predicted octanol–water partition coefficient (Wildman–Crippen LogP) is 2.55. The van der Waals surface area contributed by atoms with E-state index in [2.05, 4.69) is 4.90 Å². The Morgan fingerprint density at radius 1 is 1.39 bits per heavy atom. The average molecular weight is 268 g/mol. The van der Waals surface area contributed by atoms with Crippen LogP contribution in [-0.2, 0) is 9.53 Å². The van der Waals surface area contributed by atoms with E-state index in [-0.39, 0.29) is 17.8 Å². The number of carbonyl (C=O) groups is 1. The van der Waals surface area contributed by atoms with Crippen molar-refractivity contribution < 1.29 is 9.53 Å². The summed E-state index contributed by atoms with van der Waals surface area (Å²) in [6.07, 6.45) is 0.970. The molecule has 0 amide bonds. The number of hydrogen-bond acceptors (Lipinski definition) is 3. The molecule has 0 saturated carbocycles. The molecule has 0 aliphatic carbocycles. The second kappa shape index (κ2) is 5.72. The fraction of sp³-hybridized carbons (Fsp3) is 0.500. The lowest BCUT2D eigenvalue weighted by molar-refractivity contribution is -0.148. The molecule has 1 unspecified atom stereocenters. The zero-order chi connectivity index (χ0) is 13.1. The monoisotopic (exact) mass is 267 g/mol. The fourth-order valence-electron chi connectivity index (χ4n) is 2.61. The van der Waals surface area contributed by atoms with Crippen LogP contribution < -0.4 is 0 Å². The highest BCUT2D eigenvalue weighted by molar-refractivity contribution is 6.30. The molecule has 2 rings (SSSR count). The van der Waals surface area contributed by atoms with Crippen molar-refractivity contribution in [2.45, 2.75) is 12.3 Å². The maximum atomic E-state index is 11.9. The molecule has 0 spiro atoms. The van der Waals surface area contributed by atoms with Crippen LogP contribution in [-0.4, -0.2) is 38.1 Å². The summed E-state index contributed by atoms with van der Waals surface area (Å²) in [7, 11) is 3.49. The van der Waals surface area contributed by atoms with Gasteiger partial charge in [0.1, 0.15) is 0 Å². The van der Waals surface area contributed by atoms with Crippen LogP contribution in [0, 0.1) is 5.92 Å². The first kappa shape index (κ1) is 13.4. The Kier molecular flexibility index (Phi) is 4.25. The van der Waals surface area contributed by atoms with Gasteiger partial charge in [-0.15, -0.1) is 0 Å². The molecule has 1 aromatic rings. The maximum Gasteiger partial charge on any atom is 0.310 e. The Bertz CT molecular complexity index is 418. The zero-order valence-electron chi connectivity index (χ0n) is 10.7. The van der Waals surface area contributed by atoms with Gasteiger partial charge < -0.3 is 9.64 Å². The van der Waals surface area contributed by atoms with Crippen molar-refractivity contribution in [3.63, 3.8) is 0 Å². The number of nitrogens with zero attached hydrogens (tertiary/aromatic N) is 1. The normalized spacial score (nSPS) is 24.8. The minimum absolute atomic E-state index is 0.0880. The summed E-state index contributed by atoms with van der Waals surface area (Å²) in [5.74, 6) is 0.0161. The van der Waals surface area contributed by atoms with Crippen LogP contribution in [0.25, 0.3) is 0 Å². The summed E-state index contributed by atoms with van der Waals surface area (Å²) in [4.78, 5) is 14.1. The number of benzene rings is 1. The van der Waals surface area contributed by atoms with Gasteiger partial charge in [-0.2, -0.15) is 0 Å². The Morgan fingerprint density at radius 2 is 2.06 bits per heavy atom. The van der Waals surface area contributed by atoms with Crippen molar-refractivity contribution in [3.8, 4) is 0 Å². The number of rotatable bonds is 2. The number of halogens is 1. The molecule has 4 heteroatoms. The van der Waals surface area contributed by atoms with Gasteiger partial charge in [-0.3, -0.25) is 4.79 Å². The molecule has 0 N–H and O–H groups in total. The summed E-state index contributed by atoms with van der Waals surface area (Å²) in [6.45, 7) is 1.75. The predicted molar refractivity (Wildman–Crippen MR) is 71.8 cm³/mol. The summed E-state index contributed by atoms with van der Waals surface area (Å²) in [5, 5.41) is 0.723. The minimum atomic E-state index is -0.124. The molecule has 1 heterocycles. The van der Waals surface area contributed by atoms with Crippen molar-refractivity contribution in [1.82, 2.24) is 4.90 Å².